The van der Waals surface area contributed by atoms with Crippen molar-refractivity contribution in [3.8, 4) is 0 Å². The number of amides is 1. The van der Waals surface area contributed by atoms with Gasteiger partial charge >= 0.3 is 0 Å². The second-order valence-electron chi connectivity index (χ2n) is 3.97. The molecule has 2 aromatic rings. The Morgan fingerprint density at radius 3 is 2.53 bits per heavy atom. The Morgan fingerprint density at radius 2 is 1.89 bits per heavy atom. The van der Waals surface area contributed by atoms with Crippen LogP contribution in [0.1, 0.15) is 12.6 Å². The summed E-state index contributed by atoms with van der Waals surface area (Å²) in [4.78, 5) is 19.6. The van der Waals surface area contributed by atoms with Gasteiger partial charge in [-0.15, -0.1) is 0 Å². The van der Waals surface area contributed by atoms with Crippen molar-refractivity contribution in [2.24, 2.45) is 0 Å². The van der Waals surface area contributed by atoms with E-state index in [1.807, 2.05) is 37.3 Å². The number of anilines is 3. The first-order valence-corrected chi connectivity index (χ1v) is 6.78. The number of carbonyl (C=O) groups is 1. The van der Waals surface area contributed by atoms with Crippen molar-refractivity contribution >= 4 is 46.0 Å². The molecule has 2 N–H and O–H groups in total. The number of para-hydroxylation sites is 1. The van der Waals surface area contributed by atoms with Crippen LogP contribution in [0.15, 0.2) is 30.3 Å². The molecule has 0 saturated heterocycles. The minimum absolute atomic E-state index is 0.189. The van der Waals surface area contributed by atoms with Crippen molar-refractivity contribution in [1.29, 1.82) is 0 Å². The molecule has 1 aromatic carbocycles. The summed E-state index contributed by atoms with van der Waals surface area (Å²) in [7, 11) is 0. The lowest BCUT2D eigenvalue weighted by molar-refractivity contribution is -0.114. The summed E-state index contributed by atoms with van der Waals surface area (Å²) in [6.07, 6.45) is 0. The number of nitrogens with zero attached hydrogens (tertiary/aromatic N) is 2. The minimum atomic E-state index is -0.189. The lowest BCUT2D eigenvalue weighted by Crippen LogP contribution is -2.12. The van der Waals surface area contributed by atoms with Gasteiger partial charge in [0.15, 0.2) is 0 Å². The Balaban J connectivity index is 2.33. The first-order valence-electron chi connectivity index (χ1n) is 5.70. The van der Waals surface area contributed by atoms with E-state index in [9.17, 15) is 4.79 Å². The number of rotatable bonds is 3. The molecule has 0 aliphatic rings. The third-order valence-electron chi connectivity index (χ3n) is 2.34. The third-order valence-corrected chi connectivity index (χ3v) is 3.63. The minimum Gasteiger partial charge on any atom is -0.339 e. The van der Waals surface area contributed by atoms with Gasteiger partial charge in [-0.3, -0.25) is 10.1 Å². The SMILES string of the molecule is CC(=O)Nc1nc(C)c(I)c(Nc2ccccc2)n1. The van der Waals surface area contributed by atoms with Crippen LogP contribution in [0.3, 0.4) is 0 Å². The van der Waals surface area contributed by atoms with Crippen LogP contribution in [0.2, 0.25) is 0 Å². The number of hydrogen-bond donors (Lipinski definition) is 2. The van der Waals surface area contributed by atoms with Gasteiger partial charge in [0.1, 0.15) is 5.82 Å². The van der Waals surface area contributed by atoms with E-state index in [4.69, 9.17) is 0 Å². The number of benzene rings is 1. The average molecular weight is 368 g/mol. The molecule has 0 spiro atoms. The summed E-state index contributed by atoms with van der Waals surface area (Å²) >= 11 is 2.18. The van der Waals surface area contributed by atoms with E-state index >= 15 is 0 Å². The number of hydrogen-bond acceptors (Lipinski definition) is 4. The van der Waals surface area contributed by atoms with E-state index in [1.165, 1.54) is 6.92 Å². The van der Waals surface area contributed by atoms with E-state index in [0.29, 0.717) is 11.8 Å². The predicted octanol–water partition coefficient (Wildman–Crippen LogP) is 3.09. The van der Waals surface area contributed by atoms with Crippen LogP contribution in [0.4, 0.5) is 17.5 Å². The maximum Gasteiger partial charge on any atom is 0.231 e. The van der Waals surface area contributed by atoms with Crippen molar-refractivity contribution in [3.63, 3.8) is 0 Å². The van der Waals surface area contributed by atoms with Crippen molar-refractivity contribution in [2.75, 3.05) is 10.6 Å². The molecule has 1 amide bonds. The molecule has 0 bridgehead atoms. The van der Waals surface area contributed by atoms with Crippen LogP contribution in [0.25, 0.3) is 0 Å². The quantitative estimate of drug-likeness (QED) is 0.818. The third kappa shape index (κ3) is 3.63. The fraction of sp³-hybridized carbons (Fsp3) is 0.154. The van der Waals surface area contributed by atoms with E-state index in [2.05, 4.69) is 43.2 Å². The van der Waals surface area contributed by atoms with Crippen molar-refractivity contribution in [2.45, 2.75) is 13.8 Å². The van der Waals surface area contributed by atoms with Gasteiger partial charge < -0.3 is 5.32 Å². The molecule has 6 heteroatoms. The topological polar surface area (TPSA) is 66.9 Å². The molecule has 0 aliphatic heterocycles. The highest BCUT2D eigenvalue weighted by atomic mass is 127. The maximum absolute atomic E-state index is 11.1. The van der Waals surface area contributed by atoms with Crippen LogP contribution in [0, 0.1) is 10.5 Å². The summed E-state index contributed by atoms with van der Waals surface area (Å²) in [5, 5.41) is 5.81. The Labute approximate surface area is 125 Å². The van der Waals surface area contributed by atoms with Gasteiger partial charge in [-0.2, -0.15) is 4.98 Å². The van der Waals surface area contributed by atoms with Crippen LogP contribution < -0.4 is 10.6 Å². The molecular weight excluding hydrogens is 355 g/mol. The molecule has 0 saturated carbocycles. The van der Waals surface area contributed by atoms with Gasteiger partial charge in [-0.1, -0.05) is 18.2 Å². The second kappa shape index (κ2) is 5.96. The molecule has 0 unspecified atom stereocenters. The highest BCUT2D eigenvalue weighted by Gasteiger charge is 2.10. The number of carbonyl (C=O) groups excluding carboxylic acids is 1. The molecular formula is C13H13IN4O. The Kier molecular flexibility index (Phi) is 4.31. The molecule has 19 heavy (non-hydrogen) atoms. The van der Waals surface area contributed by atoms with Crippen LogP contribution >= 0.6 is 22.6 Å². The normalized spacial score (nSPS) is 10.1. The highest BCUT2D eigenvalue weighted by molar-refractivity contribution is 14.1. The maximum atomic E-state index is 11.1. The highest BCUT2D eigenvalue weighted by Crippen LogP contribution is 2.23. The van der Waals surface area contributed by atoms with Gasteiger partial charge in [0, 0.05) is 12.6 Å². The molecule has 98 valence electrons. The summed E-state index contributed by atoms with van der Waals surface area (Å²) in [5.41, 5.74) is 1.75. The fourth-order valence-electron chi connectivity index (χ4n) is 1.51. The van der Waals surface area contributed by atoms with Crippen molar-refractivity contribution in [1.82, 2.24) is 9.97 Å². The van der Waals surface area contributed by atoms with Gasteiger partial charge in [0.25, 0.3) is 0 Å². The lowest BCUT2D eigenvalue weighted by Gasteiger charge is -2.11. The van der Waals surface area contributed by atoms with Crippen molar-refractivity contribution in [3.05, 3.63) is 39.6 Å². The van der Waals surface area contributed by atoms with E-state index in [-0.39, 0.29) is 5.91 Å². The second-order valence-corrected chi connectivity index (χ2v) is 5.05. The lowest BCUT2D eigenvalue weighted by atomic mass is 10.3. The Morgan fingerprint density at radius 1 is 1.21 bits per heavy atom. The van der Waals surface area contributed by atoms with Gasteiger partial charge in [-0.05, 0) is 41.6 Å². The van der Waals surface area contributed by atoms with Crippen LogP contribution in [-0.2, 0) is 4.79 Å². The van der Waals surface area contributed by atoms with E-state index in [1.54, 1.807) is 0 Å². The molecule has 1 heterocycles. The molecule has 0 aliphatic carbocycles. The Hall–Kier alpha value is -1.70. The average Bonchev–Trinajstić information content (AvgIpc) is 2.36. The summed E-state index contributed by atoms with van der Waals surface area (Å²) in [6, 6.07) is 9.73. The molecule has 1 aromatic heterocycles. The zero-order valence-corrected chi connectivity index (χ0v) is 12.7. The number of halogens is 1. The smallest absolute Gasteiger partial charge is 0.231 e. The van der Waals surface area contributed by atoms with Crippen LogP contribution in [0.5, 0.6) is 0 Å². The van der Waals surface area contributed by atoms with Gasteiger partial charge in [-0.25, -0.2) is 4.98 Å². The fourth-order valence-corrected chi connectivity index (χ4v) is 1.89. The Bertz CT molecular complexity index is 601. The number of aromatic nitrogens is 2. The standard InChI is InChI=1S/C13H13IN4O/c1-8-11(14)12(17-10-6-4-3-5-7-10)18-13(15-8)16-9(2)19/h3-7H,1-2H3,(H2,15,16,17,18,19). The molecule has 0 atom stereocenters. The zero-order chi connectivity index (χ0) is 13.8. The monoisotopic (exact) mass is 368 g/mol. The predicted molar refractivity (Wildman–Crippen MR) is 83.5 cm³/mol. The number of nitrogens with one attached hydrogen (secondary N) is 2. The largest absolute Gasteiger partial charge is 0.339 e. The molecule has 5 nitrogen and oxygen atoms in total. The van der Waals surface area contributed by atoms with E-state index < -0.39 is 0 Å². The first-order chi connectivity index (χ1) is 9.06. The summed E-state index contributed by atoms with van der Waals surface area (Å²) < 4.78 is 0.926. The van der Waals surface area contributed by atoms with E-state index in [0.717, 1.165) is 15.0 Å². The van der Waals surface area contributed by atoms with Gasteiger partial charge in [0.05, 0.1) is 9.26 Å². The molecule has 0 radical (unpaired) electrons. The summed E-state index contributed by atoms with van der Waals surface area (Å²) in [5.74, 6) is 0.804. The van der Waals surface area contributed by atoms with Crippen LogP contribution in [-0.4, -0.2) is 15.9 Å². The number of aryl methyl sites for hydroxylation is 1. The molecule has 2 rings (SSSR count). The summed E-state index contributed by atoms with van der Waals surface area (Å²) in [6.45, 7) is 3.31. The molecule has 0 fully saturated rings. The zero-order valence-electron chi connectivity index (χ0n) is 10.6. The first kappa shape index (κ1) is 13.7. The van der Waals surface area contributed by atoms with Crippen molar-refractivity contribution < 1.29 is 4.79 Å². The van der Waals surface area contributed by atoms with Gasteiger partial charge in [0.2, 0.25) is 11.9 Å².